The van der Waals surface area contributed by atoms with Gasteiger partial charge < -0.3 is 4.74 Å². The van der Waals surface area contributed by atoms with E-state index >= 15 is 0 Å². The van der Waals surface area contributed by atoms with Crippen LogP contribution in [-0.2, 0) is 0 Å². The van der Waals surface area contributed by atoms with Gasteiger partial charge in [0.05, 0.1) is 7.11 Å². The molecule has 0 heterocycles. The van der Waals surface area contributed by atoms with Crippen molar-refractivity contribution in [1.29, 1.82) is 0 Å². The van der Waals surface area contributed by atoms with Crippen LogP contribution in [0.1, 0.15) is 36.5 Å². The summed E-state index contributed by atoms with van der Waals surface area (Å²) in [6.45, 7) is 2.15. The van der Waals surface area contributed by atoms with Crippen molar-refractivity contribution in [2.75, 3.05) is 7.11 Å². The van der Waals surface area contributed by atoms with Crippen LogP contribution < -0.4 is 4.74 Å². The summed E-state index contributed by atoms with van der Waals surface area (Å²) in [4.78, 5) is 12.1. The Morgan fingerprint density at radius 2 is 2.18 bits per heavy atom. The molecule has 0 saturated heterocycles. The van der Waals surface area contributed by atoms with Crippen molar-refractivity contribution in [2.24, 2.45) is 11.8 Å². The molecule has 1 saturated carbocycles. The van der Waals surface area contributed by atoms with Crippen LogP contribution in [0.15, 0.2) is 18.2 Å². The van der Waals surface area contributed by atoms with Gasteiger partial charge in [-0.2, -0.15) is 0 Å². The van der Waals surface area contributed by atoms with Crippen LogP contribution >= 0.6 is 0 Å². The molecule has 0 amide bonds. The van der Waals surface area contributed by atoms with Crippen LogP contribution in [-0.4, -0.2) is 12.9 Å². The number of carbonyl (C=O) groups excluding carboxylic acids is 1. The predicted octanol–water partition coefficient (Wildman–Crippen LogP) is 3.45. The third kappa shape index (κ3) is 2.48. The van der Waals surface area contributed by atoms with E-state index in [4.69, 9.17) is 4.74 Å². The SMILES string of the molecule is COc1ccc(C(=O)C2CCC(C)C2)cc1F. The normalized spacial score (nSPS) is 23.7. The molecule has 2 nitrogen and oxygen atoms in total. The van der Waals surface area contributed by atoms with E-state index in [0.29, 0.717) is 11.5 Å². The Morgan fingerprint density at radius 3 is 2.71 bits per heavy atom. The van der Waals surface area contributed by atoms with E-state index < -0.39 is 5.82 Å². The van der Waals surface area contributed by atoms with Gasteiger partial charge >= 0.3 is 0 Å². The van der Waals surface area contributed by atoms with Crippen LogP contribution in [0, 0.1) is 17.7 Å². The summed E-state index contributed by atoms with van der Waals surface area (Å²) >= 11 is 0. The predicted molar refractivity (Wildman–Crippen MR) is 63.8 cm³/mol. The summed E-state index contributed by atoms with van der Waals surface area (Å²) in [5.41, 5.74) is 0.461. The number of rotatable bonds is 3. The molecule has 0 aliphatic heterocycles. The lowest BCUT2D eigenvalue weighted by Gasteiger charge is -2.09. The lowest BCUT2D eigenvalue weighted by Crippen LogP contribution is -2.12. The monoisotopic (exact) mass is 236 g/mol. The lowest BCUT2D eigenvalue weighted by molar-refractivity contribution is 0.0920. The highest BCUT2D eigenvalue weighted by molar-refractivity contribution is 5.98. The smallest absolute Gasteiger partial charge is 0.166 e. The van der Waals surface area contributed by atoms with Gasteiger partial charge in [0.25, 0.3) is 0 Å². The zero-order chi connectivity index (χ0) is 12.4. The molecule has 92 valence electrons. The molecule has 1 aromatic carbocycles. The maximum atomic E-state index is 13.5. The van der Waals surface area contributed by atoms with E-state index in [9.17, 15) is 9.18 Å². The Hall–Kier alpha value is -1.38. The number of Topliss-reactive ketones (excluding diaryl/α,β-unsaturated/α-hetero) is 1. The first-order valence-electron chi connectivity index (χ1n) is 5.99. The minimum absolute atomic E-state index is 0.0657. The van der Waals surface area contributed by atoms with Crippen LogP contribution in [0.25, 0.3) is 0 Å². The summed E-state index contributed by atoms with van der Waals surface area (Å²) in [5, 5.41) is 0. The zero-order valence-electron chi connectivity index (χ0n) is 10.2. The molecular formula is C14H17FO2. The Morgan fingerprint density at radius 1 is 1.41 bits per heavy atom. The maximum absolute atomic E-state index is 13.5. The second-order valence-electron chi connectivity index (χ2n) is 4.83. The average molecular weight is 236 g/mol. The number of halogens is 1. The van der Waals surface area contributed by atoms with E-state index in [-0.39, 0.29) is 17.5 Å². The first-order chi connectivity index (χ1) is 8.11. The van der Waals surface area contributed by atoms with E-state index in [1.54, 1.807) is 6.07 Å². The third-order valence-electron chi connectivity index (χ3n) is 3.50. The fourth-order valence-electron chi connectivity index (χ4n) is 2.50. The summed E-state index contributed by atoms with van der Waals surface area (Å²) in [6.07, 6.45) is 2.94. The molecule has 0 N–H and O–H groups in total. The molecule has 0 spiro atoms. The molecule has 2 unspecified atom stereocenters. The highest BCUT2D eigenvalue weighted by Gasteiger charge is 2.28. The quantitative estimate of drug-likeness (QED) is 0.751. The molecule has 1 aliphatic carbocycles. The number of ketones is 1. The van der Waals surface area contributed by atoms with Crippen molar-refractivity contribution in [3.8, 4) is 5.75 Å². The fourth-order valence-corrected chi connectivity index (χ4v) is 2.50. The second kappa shape index (κ2) is 4.86. The number of carbonyl (C=O) groups is 1. The summed E-state index contributed by atoms with van der Waals surface area (Å²) in [5.74, 6) is 0.450. The van der Waals surface area contributed by atoms with Crippen LogP contribution in [0.5, 0.6) is 5.75 Å². The van der Waals surface area contributed by atoms with E-state index in [1.165, 1.54) is 19.2 Å². The second-order valence-corrected chi connectivity index (χ2v) is 4.83. The molecular weight excluding hydrogens is 219 g/mol. The minimum atomic E-state index is -0.468. The first-order valence-corrected chi connectivity index (χ1v) is 5.99. The van der Waals surface area contributed by atoms with Crippen molar-refractivity contribution in [1.82, 2.24) is 0 Å². The van der Waals surface area contributed by atoms with E-state index in [1.807, 2.05) is 0 Å². The number of benzene rings is 1. The summed E-state index contributed by atoms with van der Waals surface area (Å²) in [7, 11) is 1.42. The van der Waals surface area contributed by atoms with Gasteiger partial charge in [-0.25, -0.2) is 4.39 Å². The van der Waals surface area contributed by atoms with E-state index in [2.05, 4.69) is 6.92 Å². The summed E-state index contributed by atoms with van der Waals surface area (Å²) in [6, 6.07) is 4.44. The van der Waals surface area contributed by atoms with Crippen LogP contribution in [0.2, 0.25) is 0 Å². The van der Waals surface area contributed by atoms with Gasteiger partial charge in [0.1, 0.15) is 0 Å². The zero-order valence-corrected chi connectivity index (χ0v) is 10.2. The fraction of sp³-hybridized carbons (Fsp3) is 0.500. The van der Waals surface area contributed by atoms with Crippen molar-refractivity contribution in [3.63, 3.8) is 0 Å². The molecule has 1 fully saturated rings. The first kappa shape index (κ1) is 12.1. The Kier molecular flexibility index (Phi) is 3.46. The average Bonchev–Trinajstić information content (AvgIpc) is 2.75. The number of hydrogen-bond donors (Lipinski definition) is 0. The highest BCUT2D eigenvalue weighted by Crippen LogP contribution is 2.33. The topological polar surface area (TPSA) is 26.3 Å². The van der Waals surface area contributed by atoms with Crippen molar-refractivity contribution < 1.29 is 13.9 Å². The van der Waals surface area contributed by atoms with Crippen LogP contribution in [0.3, 0.4) is 0 Å². The van der Waals surface area contributed by atoms with Crippen molar-refractivity contribution >= 4 is 5.78 Å². The molecule has 17 heavy (non-hydrogen) atoms. The number of ether oxygens (including phenoxy) is 1. The van der Waals surface area contributed by atoms with Gasteiger partial charge in [-0.05, 0) is 43.4 Å². The molecule has 3 heteroatoms. The standard InChI is InChI=1S/C14H17FO2/c1-9-3-4-10(7-9)14(16)11-5-6-13(17-2)12(15)8-11/h5-6,8-10H,3-4,7H2,1-2H3. The molecule has 1 aromatic rings. The molecule has 2 rings (SSSR count). The van der Waals surface area contributed by atoms with Gasteiger partial charge in [0.2, 0.25) is 0 Å². The third-order valence-corrected chi connectivity index (χ3v) is 3.50. The highest BCUT2D eigenvalue weighted by atomic mass is 19.1. The van der Waals surface area contributed by atoms with Gasteiger partial charge in [0, 0.05) is 11.5 Å². The molecule has 0 radical (unpaired) electrons. The molecule has 0 bridgehead atoms. The Labute approximate surface area is 101 Å². The van der Waals surface area contributed by atoms with Gasteiger partial charge in [0.15, 0.2) is 17.3 Å². The number of methoxy groups -OCH3 is 1. The Balaban J connectivity index is 2.17. The number of hydrogen-bond acceptors (Lipinski definition) is 2. The largest absolute Gasteiger partial charge is 0.494 e. The minimum Gasteiger partial charge on any atom is -0.494 e. The van der Waals surface area contributed by atoms with Crippen LogP contribution in [0.4, 0.5) is 4.39 Å². The Bertz CT molecular complexity index is 428. The van der Waals surface area contributed by atoms with Gasteiger partial charge in [-0.15, -0.1) is 0 Å². The molecule has 1 aliphatic rings. The lowest BCUT2D eigenvalue weighted by atomic mass is 9.95. The molecule has 0 aromatic heterocycles. The van der Waals surface area contributed by atoms with Crippen molar-refractivity contribution in [2.45, 2.75) is 26.2 Å². The molecule has 2 atom stereocenters. The van der Waals surface area contributed by atoms with Crippen molar-refractivity contribution in [3.05, 3.63) is 29.6 Å². The van der Waals surface area contributed by atoms with Gasteiger partial charge in [-0.3, -0.25) is 4.79 Å². The maximum Gasteiger partial charge on any atom is 0.166 e. The summed E-state index contributed by atoms with van der Waals surface area (Å²) < 4.78 is 18.3. The van der Waals surface area contributed by atoms with E-state index in [0.717, 1.165) is 19.3 Å². The van der Waals surface area contributed by atoms with Gasteiger partial charge in [-0.1, -0.05) is 6.92 Å².